The minimum atomic E-state index is -0.430. The Bertz CT molecular complexity index is 884. The molecule has 5 nitrogen and oxygen atoms in total. The highest BCUT2D eigenvalue weighted by Gasteiger charge is 2.13. The lowest BCUT2D eigenvalue weighted by atomic mass is 10.1. The Morgan fingerprint density at radius 3 is 2.29 bits per heavy atom. The maximum Gasteiger partial charge on any atom is 0.338 e. The van der Waals surface area contributed by atoms with Gasteiger partial charge in [-0.1, -0.05) is 48.5 Å². The molecule has 5 heteroatoms. The molecule has 0 atom stereocenters. The van der Waals surface area contributed by atoms with E-state index >= 15 is 0 Å². The molecule has 28 heavy (non-hydrogen) atoms. The zero-order valence-corrected chi connectivity index (χ0v) is 15.5. The van der Waals surface area contributed by atoms with Crippen molar-refractivity contribution in [2.45, 2.75) is 32.5 Å². The number of ether oxygens (including phenoxy) is 2. The number of carbonyl (C=O) groups excluding carboxylic acids is 2. The zero-order valence-electron chi connectivity index (χ0n) is 15.5. The van der Waals surface area contributed by atoms with Crippen molar-refractivity contribution in [2.75, 3.05) is 0 Å². The Kier molecular flexibility index (Phi) is 7.01. The molecule has 1 aromatic heterocycles. The Hall–Kier alpha value is -3.34. The average Bonchev–Trinajstić information content (AvgIpc) is 3.19. The van der Waals surface area contributed by atoms with Crippen LogP contribution in [0.2, 0.25) is 0 Å². The van der Waals surface area contributed by atoms with Gasteiger partial charge in [0.25, 0.3) is 0 Å². The molecule has 0 unspecified atom stereocenters. The summed E-state index contributed by atoms with van der Waals surface area (Å²) < 4.78 is 15.9. The SMILES string of the molecule is O=C(CCCc1ccccc1)OCc1ccoc1COC(=O)c1ccccc1. The lowest BCUT2D eigenvalue weighted by Crippen LogP contribution is -2.08. The Morgan fingerprint density at radius 1 is 0.821 bits per heavy atom. The summed E-state index contributed by atoms with van der Waals surface area (Å²) in [6, 6.07) is 20.5. The second-order valence-electron chi connectivity index (χ2n) is 6.31. The summed E-state index contributed by atoms with van der Waals surface area (Å²) in [5.74, 6) is -0.216. The Balaban J connectivity index is 1.41. The lowest BCUT2D eigenvalue weighted by Gasteiger charge is -2.07. The van der Waals surface area contributed by atoms with E-state index in [1.807, 2.05) is 36.4 Å². The highest BCUT2D eigenvalue weighted by Crippen LogP contribution is 2.15. The van der Waals surface area contributed by atoms with Crippen LogP contribution in [0, 0.1) is 0 Å². The number of esters is 2. The third kappa shape index (κ3) is 5.84. The van der Waals surface area contributed by atoms with Crippen molar-refractivity contribution in [3.8, 4) is 0 Å². The van der Waals surface area contributed by atoms with Crippen molar-refractivity contribution >= 4 is 11.9 Å². The molecular formula is C23H22O5. The first-order valence-electron chi connectivity index (χ1n) is 9.19. The molecule has 2 aromatic carbocycles. The predicted molar refractivity (Wildman–Crippen MR) is 103 cm³/mol. The fourth-order valence-electron chi connectivity index (χ4n) is 2.72. The number of furan rings is 1. The van der Waals surface area contributed by atoms with Crippen LogP contribution in [0.1, 0.15) is 40.1 Å². The molecule has 0 fully saturated rings. The molecule has 0 saturated carbocycles. The highest BCUT2D eigenvalue weighted by atomic mass is 16.5. The van der Waals surface area contributed by atoms with Gasteiger partial charge in [0.1, 0.15) is 19.0 Å². The van der Waals surface area contributed by atoms with Crippen molar-refractivity contribution < 1.29 is 23.5 Å². The second kappa shape index (κ2) is 10.1. The predicted octanol–water partition coefficient (Wildman–Crippen LogP) is 4.70. The summed E-state index contributed by atoms with van der Waals surface area (Å²) >= 11 is 0. The van der Waals surface area contributed by atoms with Gasteiger partial charge in [-0.25, -0.2) is 4.79 Å². The van der Waals surface area contributed by atoms with Crippen molar-refractivity contribution in [2.24, 2.45) is 0 Å². The van der Waals surface area contributed by atoms with Gasteiger partial charge in [0.15, 0.2) is 0 Å². The normalized spacial score (nSPS) is 10.4. The maximum absolute atomic E-state index is 12.0. The van der Waals surface area contributed by atoms with Gasteiger partial charge in [0, 0.05) is 12.0 Å². The molecule has 0 N–H and O–H groups in total. The first-order chi connectivity index (χ1) is 13.7. The standard InChI is InChI=1S/C23H22O5/c24-22(13-7-10-18-8-3-1-4-9-18)27-16-20-14-15-26-21(20)17-28-23(25)19-11-5-2-6-12-19/h1-6,8-9,11-12,14-15H,7,10,13,16-17H2. The van der Waals surface area contributed by atoms with Crippen LogP contribution in [0.4, 0.5) is 0 Å². The zero-order chi connectivity index (χ0) is 19.6. The van der Waals surface area contributed by atoms with Crippen molar-refractivity contribution in [3.05, 3.63) is 95.4 Å². The summed E-state index contributed by atoms with van der Waals surface area (Å²) in [5.41, 5.74) is 2.37. The third-order valence-corrected chi connectivity index (χ3v) is 4.26. The summed E-state index contributed by atoms with van der Waals surface area (Å²) in [4.78, 5) is 24.0. The quantitative estimate of drug-likeness (QED) is 0.505. The average molecular weight is 378 g/mol. The lowest BCUT2D eigenvalue weighted by molar-refractivity contribution is -0.145. The smallest absolute Gasteiger partial charge is 0.338 e. The third-order valence-electron chi connectivity index (χ3n) is 4.26. The van der Waals surface area contributed by atoms with Crippen LogP contribution in [0.3, 0.4) is 0 Å². The first kappa shape index (κ1) is 19.4. The van der Waals surface area contributed by atoms with E-state index in [9.17, 15) is 9.59 Å². The van der Waals surface area contributed by atoms with E-state index in [1.165, 1.54) is 11.8 Å². The van der Waals surface area contributed by atoms with Crippen LogP contribution in [-0.4, -0.2) is 11.9 Å². The Morgan fingerprint density at radius 2 is 1.54 bits per heavy atom. The van der Waals surface area contributed by atoms with Gasteiger partial charge < -0.3 is 13.9 Å². The maximum atomic E-state index is 12.0. The summed E-state index contributed by atoms with van der Waals surface area (Å²) in [6.07, 6.45) is 3.41. The van der Waals surface area contributed by atoms with E-state index < -0.39 is 5.97 Å². The van der Waals surface area contributed by atoms with Gasteiger partial charge in [-0.05, 0) is 36.6 Å². The van der Waals surface area contributed by atoms with E-state index in [1.54, 1.807) is 30.3 Å². The van der Waals surface area contributed by atoms with E-state index in [4.69, 9.17) is 13.9 Å². The van der Waals surface area contributed by atoms with Gasteiger partial charge >= 0.3 is 11.9 Å². The highest BCUT2D eigenvalue weighted by molar-refractivity contribution is 5.89. The second-order valence-corrected chi connectivity index (χ2v) is 6.31. The fourth-order valence-corrected chi connectivity index (χ4v) is 2.72. The molecule has 3 aromatic rings. The van der Waals surface area contributed by atoms with Gasteiger partial charge in [-0.3, -0.25) is 4.79 Å². The van der Waals surface area contributed by atoms with Gasteiger partial charge in [-0.15, -0.1) is 0 Å². The molecule has 0 saturated heterocycles. The van der Waals surface area contributed by atoms with E-state index in [0.29, 0.717) is 23.3 Å². The van der Waals surface area contributed by atoms with Gasteiger partial charge in [0.05, 0.1) is 11.8 Å². The van der Waals surface area contributed by atoms with E-state index in [0.717, 1.165) is 12.8 Å². The van der Waals surface area contributed by atoms with Crippen molar-refractivity contribution in [3.63, 3.8) is 0 Å². The summed E-state index contributed by atoms with van der Waals surface area (Å²) in [5, 5.41) is 0. The topological polar surface area (TPSA) is 65.7 Å². The number of hydrogen-bond acceptors (Lipinski definition) is 5. The van der Waals surface area contributed by atoms with Crippen molar-refractivity contribution in [1.82, 2.24) is 0 Å². The minimum Gasteiger partial charge on any atom is -0.465 e. The minimum absolute atomic E-state index is 0.0123. The molecule has 0 amide bonds. The molecular weight excluding hydrogens is 356 g/mol. The van der Waals surface area contributed by atoms with Crippen LogP contribution >= 0.6 is 0 Å². The van der Waals surface area contributed by atoms with Gasteiger partial charge in [0.2, 0.25) is 0 Å². The Labute approximate surface area is 163 Å². The molecule has 0 aliphatic heterocycles. The molecule has 0 aliphatic rings. The molecule has 3 rings (SSSR count). The van der Waals surface area contributed by atoms with Crippen LogP contribution in [-0.2, 0) is 33.9 Å². The number of hydrogen-bond donors (Lipinski definition) is 0. The number of benzene rings is 2. The van der Waals surface area contributed by atoms with E-state index in [2.05, 4.69) is 0 Å². The molecule has 0 spiro atoms. The molecule has 0 bridgehead atoms. The van der Waals surface area contributed by atoms with Crippen LogP contribution in [0.5, 0.6) is 0 Å². The van der Waals surface area contributed by atoms with Crippen LogP contribution < -0.4 is 0 Å². The fraction of sp³-hybridized carbons (Fsp3) is 0.217. The largest absolute Gasteiger partial charge is 0.465 e. The summed E-state index contributed by atoms with van der Waals surface area (Å²) in [7, 11) is 0. The number of rotatable bonds is 9. The molecule has 1 heterocycles. The monoisotopic (exact) mass is 378 g/mol. The van der Waals surface area contributed by atoms with Gasteiger partial charge in [-0.2, -0.15) is 0 Å². The van der Waals surface area contributed by atoms with Crippen LogP contribution in [0.25, 0.3) is 0 Å². The van der Waals surface area contributed by atoms with Crippen molar-refractivity contribution in [1.29, 1.82) is 0 Å². The first-order valence-corrected chi connectivity index (χ1v) is 9.19. The molecule has 144 valence electrons. The van der Waals surface area contributed by atoms with Crippen LogP contribution in [0.15, 0.2) is 77.4 Å². The van der Waals surface area contributed by atoms with E-state index in [-0.39, 0.29) is 19.2 Å². The molecule has 0 radical (unpaired) electrons. The number of aryl methyl sites for hydroxylation is 1. The number of carbonyl (C=O) groups is 2. The molecule has 0 aliphatic carbocycles. The summed E-state index contributed by atoms with van der Waals surface area (Å²) in [6.45, 7) is 0.0838.